The Kier molecular flexibility index (Phi) is 7.52. The van der Waals surface area contributed by atoms with Crippen LogP contribution < -0.4 is 5.32 Å². The van der Waals surface area contributed by atoms with Crippen LogP contribution in [0, 0.1) is 0 Å². The van der Waals surface area contributed by atoms with E-state index >= 15 is 0 Å². The van der Waals surface area contributed by atoms with Crippen molar-refractivity contribution in [1.29, 1.82) is 0 Å². The van der Waals surface area contributed by atoms with Crippen LogP contribution in [0.5, 0.6) is 0 Å². The number of hydrogen-bond acceptors (Lipinski definition) is 5. The Labute approximate surface area is 123 Å². The maximum absolute atomic E-state index is 12.0. The molecule has 0 aliphatic carbocycles. The van der Waals surface area contributed by atoms with Crippen LogP contribution in [-0.4, -0.2) is 66.9 Å². The smallest absolute Gasteiger partial charge is 0.317 e. The highest BCUT2D eigenvalue weighted by molar-refractivity contribution is 5.76. The lowest BCUT2D eigenvalue weighted by Crippen LogP contribution is -2.53. The van der Waals surface area contributed by atoms with Crippen molar-refractivity contribution in [3.63, 3.8) is 0 Å². The SMILES string of the molecule is CCOC(=O)CCCNC(=O)N1CCOCC1CC(=O)O. The fraction of sp³-hybridized carbons (Fsp3) is 0.769. The summed E-state index contributed by atoms with van der Waals surface area (Å²) in [6.07, 6.45) is 0.588. The molecule has 1 fully saturated rings. The van der Waals surface area contributed by atoms with E-state index in [1.54, 1.807) is 6.92 Å². The first kappa shape index (κ1) is 17.2. The molecule has 0 bridgehead atoms. The van der Waals surface area contributed by atoms with Crippen LogP contribution in [0.15, 0.2) is 0 Å². The van der Waals surface area contributed by atoms with E-state index < -0.39 is 12.0 Å². The molecule has 1 atom stereocenters. The van der Waals surface area contributed by atoms with E-state index in [0.29, 0.717) is 32.7 Å². The second kappa shape index (κ2) is 9.17. The summed E-state index contributed by atoms with van der Waals surface area (Å²) in [7, 11) is 0. The third-order valence-corrected chi connectivity index (χ3v) is 3.04. The number of carboxylic acid groups (broad SMARTS) is 1. The number of carboxylic acids is 1. The second-order valence-electron chi connectivity index (χ2n) is 4.66. The molecule has 0 aromatic heterocycles. The van der Waals surface area contributed by atoms with Crippen molar-refractivity contribution in [1.82, 2.24) is 10.2 Å². The molecule has 0 aromatic carbocycles. The lowest BCUT2D eigenvalue weighted by Gasteiger charge is -2.34. The third-order valence-electron chi connectivity index (χ3n) is 3.04. The van der Waals surface area contributed by atoms with E-state index in [0.717, 1.165) is 0 Å². The lowest BCUT2D eigenvalue weighted by molar-refractivity contribution is -0.143. The minimum Gasteiger partial charge on any atom is -0.481 e. The van der Waals surface area contributed by atoms with Crippen molar-refractivity contribution in [3.8, 4) is 0 Å². The Bertz CT molecular complexity index is 374. The average Bonchev–Trinajstić information content (AvgIpc) is 2.43. The van der Waals surface area contributed by atoms with E-state index in [1.165, 1.54) is 4.90 Å². The molecule has 21 heavy (non-hydrogen) atoms. The number of nitrogens with zero attached hydrogens (tertiary/aromatic N) is 1. The van der Waals surface area contributed by atoms with Gasteiger partial charge in [0.2, 0.25) is 0 Å². The molecule has 1 heterocycles. The minimum atomic E-state index is -0.967. The zero-order valence-corrected chi connectivity index (χ0v) is 12.2. The first-order chi connectivity index (χ1) is 10.0. The van der Waals surface area contributed by atoms with Gasteiger partial charge in [0, 0.05) is 19.5 Å². The Morgan fingerprint density at radius 3 is 2.86 bits per heavy atom. The van der Waals surface area contributed by atoms with Crippen LogP contribution in [0.3, 0.4) is 0 Å². The molecular weight excluding hydrogens is 280 g/mol. The number of amides is 2. The fourth-order valence-electron chi connectivity index (χ4n) is 2.06. The average molecular weight is 302 g/mol. The Balaban J connectivity index is 2.31. The van der Waals surface area contributed by atoms with Gasteiger partial charge in [-0.25, -0.2) is 4.79 Å². The van der Waals surface area contributed by atoms with Crippen molar-refractivity contribution < 1.29 is 29.0 Å². The number of esters is 1. The second-order valence-corrected chi connectivity index (χ2v) is 4.66. The molecule has 2 amide bonds. The predicted molar refractivity (Wildman–Crippen MR) is 72.8 cm³/mol. The normalized spacial score (nSPS) is 18.1. The zero-order valence-electron chi connectivity index (χ0n) is 12.2. The zero-order chi connectivity index (χ0) is 15.7. The number of aliphatic carboxylic acids is 1. The fourth-order valence-corrected chi connectivity index (χ4v) is 2.06. The van der Waals surface area contributed by atoms with Gasteiger partial charge in [0.25, 0.3) is 0 Å². The van der Waals surface area contributed by atoms with Gasteiger partial charge >= 0.3 is 18.0 Å². The lowest BCUT2D eigenvalue weighted by atomic mass is 10.1. The molecule has 1 rings (SSSR count). The van der Waals surface area contributed by atoms with Gasteiger partial charge in [0.05, 0.1) is 32.3 Å². The quantitative estimate of drug-likeness (QED) is 0.514. The molecule has 0 aromatic rings. The van der Waals surface area contributed by atoms with Crippen LogP contribution in [0.4, 0.5) is 4.79 Å². The third kappa shape index (κ3) is 6.44. The largest absolute Gasteiger partial charge is 0.481 e. The maximum atomic E-state index is 12.0. The highest BCUT2D eigenvalue weighted by atomic mass is 16.5. The van der Waals surface area contributed by atoms with E-state index in [4.69, 9.17) is 14.6 Å². The molecule has 1 unspecified atom stereocenters. The van der Waals surface area contributed by atoms with Crippen LogP contribution in [0.1, 0.15) is 26.2 Å². The highest BCUT2D eigenvalue weighted by Crippen LogP contribution is 2.10. The van der Waals surface area contributed by atoms with Gasteiger partial charge in [-0.15, -0.1) is 0 Å². The van der Waals surface area contributed by atoms with Crippen molar-refractivity contribution in [3.05, 3.63) is 0 Å². The number of carbonyl (C=O) groups is 3. The topological polar surface area (TPSA) is 105 Å². The summed E-state index contributed by atoms with van der Waals surface area (Å²) in [4.78, 5) is 35.4. The molecular formula is C13H22N2O6. The first-order valence-electron chi connectivity index (χ1n) is 7.04. The van der Waals surface area contributed by atoms with Gasteiger partial charge in [-0.3, -0.25) is 9.59 Å². The molecule has 0 radical (unpaired) electrons. The number of carbonyl (C=O) groups excluding carboxylic acids is 2. The van der Waals surface area contributed by atoms with Gasteiger partial charge in [-0.1, -0.05) is 0 Å². The van der Waals surface area contributed by atoms with Crippen LogP contribution >= 0.6 is 0 Å². The molecule has 8 heteroatoms. The summed E-state index contributed by atoms with van der Waals surface area (Å²) in [5.41, 5.74) is 0. The standard InChI is InChI=1S/C13H22N2O6/c1-2-21-12(18)4-3-5-14-13(19)15-6-7-20-9-10(15)8-11(16)17/h10H,2-9H2,1H3,(H,14,19)(H,16,17). The Hall–Kier alpha value is -1.83. The molecule has 1 aliphatic heterocycles. The van der Waals surface area contributed by atoms with E-state index in [9.17, 15) is 14.4 Å². The van der Waals surface area contributed by atoms with Crippen LogP contribution in [-0.2, 0) is 19.1 Å². The van der Waals surface area contributed by atoms with Crippen LogP contribution in [0.2, 0.25) is 0 Å². The van der Waals surface area contributed by atoms with Gasteiger partial charge in [-0.2, -0.15) is 0 Å². The number of ether oxygens (including phenoxy) is 2. The summed E-state index contributed by atoms with van der Waals surface area (Å²) < 4.78 is 9.98. The molecule has 0 saturated carbocycles. The van der Waals surface area contributed by atoms with Gasteiger partial charge in [-0.05, 0) is 13.3 Å². The van der Waals surface area contributed by atoms with E-state index in [2.05, 4.69) is 5.32 Å². The number of hydrogen-bond donors (Lipinski definition) is 2. The molecule has 0 spiro atoms. The molecule has 1 saturated heterocycles. The Morgan fingerprint density at radius 2 is 2.19 bits per heavy atom. The number of urea groups is 1. The van der Waals surface area contributed by atoms with E-state index in [-0.39, 0.29) is 31.4 Å². The maximum Gasteiger partial charge on any atom is 0.317 e. The summed E-state index contributed by atoms with van der Waals surface area (Å²) in [6.45, 7) is 3.40. The molecule has 2 N–H and O–H groups in total. The molecule has 8 nitrogen and oxygen atoms in total. The predicted octanol–water partition coefficient (Wildman–Crippen LogP) is 0.215. The van der Waals surface area contributed by atoms with Gasteiger partial charge in [0.15, 0.2) is 0 Å². The molecule has 1 aliphatic rings. The summed E-state index contributed by atoms with van der Waals surface area (Å²) in [5.74, 6) is -1.26. The Morgan fingerprint density at radius 1 is 1.43 bits per heavy atom. The monoisotopic (exact) mass is 302 g/mol. The first-order valence-corrected chi connectivity index (χ1v) is 7.04. The van der Waals surface area contributed by atoms with Crippen molar-refractivity contribution in [2.24, 2.45) is 0 Å². The van der Waals surface area contributed by atoms with Gasteiger partial charge in [0.1, 0.15) is 0 Å². The molecule has 120 valence electrons. The summed E-state index contributed by atoms with van der Waals surface area (Å²) in [5, 5.41) is 11.5. The van der Waals surface area contributed by atoms with E-state index in [1.807, 2.05) is 0 Å². The van der Waals surface area contributed by atoms with Crippen molar-refractivity contribution in [2.45, 2.75) is 32.2 Å². The summed E-state index contributed by atoms with van der Waals surface area (Å²) in [6, 6.07) is -0.783. The minimum absolute atomic E-state index is 0.143. The van der Waals surface area contributed by atoms with Crippen molar-refractivity contribution in [2.75, 3.05) is 32.9 Å². The van der Waals surface area contributed by atoms with Crippen molar-refractivity contribution >= 4 is 18.0 Å². The van der Waals surface area contributed by atoms with Crippen LogP contribution in [0.25, 0.3) is 0 Å². The number of nitrogens with one attached hydrogen (secondary N) is 1. The highest BCUT2D eigenvalue weighted by Gasteiger charge is 2.28. The number of morpholine rings is 1. The number of rotatable bonds is 7. The van der Waals surface area contributed by atoms with Gasteiger partial charge < -0.3 is 24.8 Å². The summed E-state index contributed by atoms with van der Waals surface area (Å²) >= 11 is 0.